The van der Waals surface area contributed by atoms with Crippen LogP contribution in [0.25, 0.3) is 17.0 Å². The first-order valence-corrected chi connectivity index (χ1v) is 11.8. The third-order valence-electron chi connectivity index (χ3n) is 5.92. The Morgan fingerprint density at radius 2 is 1.70 bits per heavy atom. The lowest BCUT2D eigenvalue weighted by molar-refractivity contribution is -0.122. The van der Waals surface area contributed by atoms with Crippen molar-refractivity contribution < 1.29 is 19.1 Å². The number of rotatable bonds is 6. The number of fused-ring (bicyclic) bond motifs is 1. The Bertz CT molecular complexity index is 1560. The van der Waals surface area contributed by atoms with Gasteiger partial charge in [-0.05, 0) is 60.8 Å². The summed E-state index contributed by atoms with van der Waals surface area (Å²) in [6.07, 6.45) is 3.29. The zero-order chi connectivity index (χ0) is 25.9. The zero-order valence-corrected chi connectivity index (χ0v) is 20.6. The van der Waals surface area contributed by atoms with Crippen molar-refractivity contribution in [2.24, 2.45) is 0 Å². The average molecular weight is 511 g/mol. The minimum atomic E-state index is -0.585. The van der Waals surface area contributed by atoms with E-state index in [1.807, 2.05) is 54.6 Å². The fourth-order valence-electron chi connectivity index (χ4n) is 4.18. The highest BCUT2D eigenvalue weighted by atomic mass is 32.1. The molecule has 2 heterocycles. The lowest BCUT2D eigenvalue weighted by Gasteiger charge is -2.29. The van der Waals surface area contributed by atoms with Gasteiger partial charge in [0.15, 0.2) is 5.11 Å². The number of nitrogens with zero attached hydrogens (tertiary/aromatic N) is 2. The first-order chi connectivity index (χ1) is 17.9. The van der Waals surface area contributed by atoms with Crippen molar-refractivity contribution in [2.75, 3.05) is 17.3 Å². The van der Waals surface area contributed by atoms with Crippen LogP contribution in [0.2, 0.25) is 0 Å². The summed E-state index contributed by atoms with van der Waals surface area (Å²) in [4.78, 5) is 40.2. The van der Waals surface area contributed by atoms with Crippen LogP contribution >= 0.6 is 12.2 Å². The summed E-state index contributed by atoms with van der Waals surface area (Å²) in [5.74, 6) is -0.701. The van der Waals surface area contributed by atoms with E-state index in [1.54, 1.807) is 42.1 Å². The number of amides is 3. The van der Waals surface area contributed by atoms with Gasteiger partial charge in [0, 0.05) is 28.4 Å². The SMILES string of the molecule is COc1ccc(N2C(=O)/C(=C/c3cn(CC(=O)Nc4ccccc4)c4ccccc34)C(=O)NC2=S)cc1. The quantitative estimate of drug-likeness (QED) is 0.231. The van der Waals surface area contributed by atoms with Gasteiger partial charge in [-0.1, -0.05) is 36.4 Å². The van der Waals surface area contributed by atoms with Crippen LogP contribution in [-0.4, -0.2) is 34.5 Å². The van der Waals surface area contributed by atoms with Crippen molar-refractivity contribution in [1.29, 1.82) is 0 Å². The Kier molecular flexibility index (Phi) is 6.53. The second-order valence-corrected chi connectivity index (χ2v) is 8.69. The maximum atomic E-state index is 13.4. The maximum absolute atomic E-state index is 13.4. The number of methoxy groups -OCH3 is 1. The molecule has 4 aromatic rings. The predicted octanol–water partition coefficient (Wildman–Crippen LogP) is 4.12. The van der Waals surface area contributed by atoms with Gasteiger partial charge in [-0.15, -0.1) is 0 Å². The van der Waals surface area contributed by atoms with Gasteiger partial charge < -0.3 is 14.6 Å². The topological polar surface area (TPSA) is 92.7 Å². The first kappa shape index (κ1) is 24.0. The molecule has 3 aromatic carbocycles. The molecule has 0 atom stereocenters. The summed E-state index contributed by atoms with van der Waals surface area (Å²) < 4.78 is 6.97. The lowest BCUT2D eigenvalue weighted by Crippen LogP contribution is -2.54. The number of carbonyl (C=O) groups excluding carboxylic acids is 3. The van der Waals surface area contributed by atoms with E-state index in [0.717, 1.165) is 10.9 Å². The molecule has 2 N–H and O–H groups in total. The molecule has 1 saturated heterocycles. The van der Waals surface area contributed by atoms with Gasteiger partial charge >= 0.3 is 0 Å². The Labute approximate surface area is 218 Å². The molecule has 1 aliphatic rings. The van der Waals surface area contributed by atoms with E-state index in [4.69, 9.17) is 17.0 Å². The summed E-state index contributed by atoms with van der Waals surface area (Å²) in [5, 5.41) is 6.27. The summed E-state index contributed by atoms with van der Waals surface area (Å²) in [7, 11) is 1.55. The number of para-hydroxylation sites is 2. The summed E-state index contributed by atoms with van der Waals surface area (Å²) in [6.45, 7) is 0.0563. The molecular formula is C28H22N4O4S. The molecule has 0 bridgehead atoms. The second-order valence-electron chi connectivity index (χ2n) is 8.30. The third kappa shape index (κ3) is 4.85. The average Bonchev–Trinajstić information content (AvgIpc) is 3.24. The van der Waals surface area contributed by atoms with Gasteiger partial charge in [0.25, 0.3) is 11.8 Å². The molecular weight excluding hydrogens is 488 g/mol. The minimum Gasteiger partial charge on any atom is -0.497 e. The van der Waals surface area contributed by atoms with E-state index in [1.165, 1.54) is 11.0 Å². The Hall–Kier alpha value is -4.76. The second kappa shape index (κ2) is 10.1. The summed E-state index contributed by atoms with van der Waals surface area (Å²) >= 11 is 5.29. The molecule has 0 unspecified atom stereocenters. The highest BCUT2D eigenvalue weighted by Gasteiger charge is 2.34. The zero-order valence-electron chi connectivity index (χ0n) is 19.8. The van der Waals surface area contributed by atoms with Crippen LogP contribution in [0.3, 0.4) is 0 Å². The molecule has 184 valence electrons. The number of anilines is 2. The molecule has 3 amide bonds. The fourth-order valence-corrected chi connectivity index (χ4v) is 4.46. The van der Waals surface area contributed by atoms with Gasteiger partial charge in [-0.2, -0.15) is 0 Å². The highest BCUT2D eigenvalue weighted by Crippen LogP contribution is 2.27. The largest absolute Gasteiger partial charge is 0.497 e. The lowest BCUT2D eigenvalue weighted by atomic mass is 10.1. The Morgan fingerprint density at radius 3 is 2.43 bits per heavy atom. The number of hydrogen-bond acceptors (Lipinski definition) is 5. The molecule has 1 aromatic heterocycles. The minimum absolute atomic E-state index is 0.00247. The molecule has 0 saturated carbocycles. The van der Waals surface area contributed by atoms with E-state index in [0.29, 0.717) is 22.7 Å². The van der Waals surface area contributed by atoms with Crippen LogP contribution in [0, 0.1) is 0 Å². The van der Waals surface area contributed by atoms with Crippen molar-refractivity contribution >= 4 is 63.4 Å². The number of hydrogen-bond donors (Lipinski definition) is 2. The van der Waals surface area contributed by atoms with Gasteiger partial charge in [0.2, 0.25) is 5.91 Å². The van der Waals surface area contributed by atoms with Gasteiger partial charge in [0.1, 0.15) is 17.9 Å². The molecule has 8 nitrogen and oxygen atoms in total. The predicted molar refractivity (Wildman–Crippen MR) is 146 cm³/mol. The molecule has 9 heteroatoms. The number of thiocarbonyl (C=S) groups is 1. The van der Waals surface area contributed by atoms with Crippen LogP contribution in [0.4, 0.5) is 11.4 Å². The molecule has 0 aliphatic carbocycles. The van der Waals surface area contributed by atoms with E-state index < -0.39 is 11.8 Å². The smallest absolute Gasteiger partial charge is 0.270 e. The normalized spacial score (nSPS) is 14.7. The van der Waals surface area contributed by atoms with Crippen LogP contribution in [0.1, 0.15) is 5.56 Å². The van der Waals surface area contributed by atoms with Gasteiger partial charge in [-0.25, -0.2) is 0 Å². The summed E-state index contributed by atoms with van der Waals surface area (Å²) in [5.41, 5.74) is 2.56. The molecule has 5 rings (SSSR count). The van der Waals surface area contributed by atoms with Crippen LogP contribution < -0.4 is 20.3 Å². The molecule has 37 heavy (non-hydrogen) atoms. The van der Waals surface area contributed by atoms with E-state index in [2.05, 4.69) is 10.6 Å². The Balaban J connectivity index is 1.48. The molecule has 1 aliphatic heterocycles. The number of ether oxygens (including phenoxy) is 1. The molecule has 1 fully saturated rings. The van der Waals surface area contributed by atoms with Crippen molar-refractivity contribution in [3.05, 3.63) is 96.2 Å². The van der Waals surface area contributed by atoms with Crippen LogP contribution in [0.5, 0.6) is 5.75 Å². The van der Waals surface area contributed by atoms with E-state index in [9.17, 15) is 14.4 Å². The Morgan fingerprint density at radius 1 is 1.00 bits per heavy atom. The van der Waals surface area contributed by atoms with E-state index in [-0.39, 0.29) is 23.1 Å². The van der Waals surface area contributed by atoms with Crippen LogP contribution in [0.15, 0.2) is 90.6 Å². The monoisotopic (exact) mass is 510 g/mol. The van der Waals surface area contributed by atoms with Crippen molar-refractivity contribution in [1.82, 2.24) is 9.88 Å². The molecule has 0 radical (unpaired) electrons. The van der Waals surface area contributed by atoms with Gasteiger partial charge in [0.05, 0.1) is 12.8 Å². The fraction of sp³-hybridized carbons (Fsp3) is 0.0714. The van der Waals surface area contributed by atoms with E-state index >= 15 is 0 Å². The highest BCUT2D eigenvalue weighted by molar-refractivity contribution is 7.80. The maximum Gasteiger partial charge on any atom is 0.270 e. The third-order valence-corrected chi connectivity index (χ3v) is 6.21. The number of nitrogens with one attached hydrogen (secondary N) is 2. The van der Waals surface area contributed by atoms with Gasteiger partial charge in [-0.3, -0.25) is 24.6 Å². The number of carbonyl (C=O) groups is 3. The summed E-state index contributed by atoms with van der Waals surface area (Å²) in [6, 6.07) is 23.5. The number of aromatic nitrogens is 1. The van der Waals surface area contributed by atoms with Crippen molar-refractivity contribution in [2.45, 2.75) is 6.54 Å². The van der Waals surface area contributed by atoms with Crippen molar-refractivity contribution in [3.63, 3.8) is 0 Å². The first-order valence-electron chi connectivity index (χ1n) is 11.4. The number of benzene rings is 3. The van der Waals surface area contributed by atoms with Crippen LogP contribution in [-0.2, 0) is 20.9 Å². The molecule has 0 spiro atoms. The van der Waals surface area contributed by atoms with Crippen molar-refractivity contribution in [3.8, 4) is 5.75 Å². The standard InChI is InChI=1S/C28H22N4O4S/c1-36-21-13-11-20(12-14-21)32-27(35)23(26(34)30-28(32)37)15-18-16-31(24-10-6-5-9-22(18)24)17-25(33)29-19-7-3-2-4-8-19/h2-16H,17H2,1H3,(H,29,33)(H,30,34,37)/b23-15+.